The summed E-state index contributed by atoms with van der Waals surface area (Å²) in [6, 6.07) is 3.17. The molecule has 0 fully saturated rings. The molecular weight excluding hydrogens is 441 g/mol. The Morgan fingerprint density at radius 1 is 1.00 bits per heavy atom. The van der Waals surface area contributed by atoms with Gasteiger partial charge in [0.05, 0.1) is 12.7 Å². The summed E-state index contributed by atoms with van der Waals surface area (Å²) < 4.78 is 36.7. The predicted octanol–water partition coefficient (Wildman–Crippen LogP) is 2.01. The van der Waals surface area contributed by atoms with E-state index in [4.69, 9.17) is 19.4 Å². The molecule has 2 amide bonds. The summed E-state index contributed by atoms with van der Waals surface area (Å²) in [5.74, 6) is -2.58. The van der Waals surface area contributed by atoms with Gasteiger partial charge in [0.2, 0.25) is 5.91 Å². The van der Waals surface area contributed by atoms with Crippen molar-refractivity contribution in [3.63, 3.8) is 0 Å². The van der Waals surface area contributed by atoms with Crippen LogP contribution < -0.4 is 10.6 Å². The molecule has 29 heavy (non-hydrogen) atoms. The van der Waals surface area contributed by atoms with Gasteiger partial charge < -0.3 is 25.3 Å². The molecular formula is C15H19F3N2O7S2. The number of hydrogen-bond donors (Lipinski definition) is 4. The Labute approximate surface area is 171 Å². The molecule has 0 saturated heterocycles. The lowest BCUT2D eigenvalue weighted by Crippen LogP contribution is -2.31. The Morgan fingerprint density at radius 3 is 2.14 bits per heavy atom. The molecule has 4 N–H and O–H groups in total. The van der Waals surface area contributed by atoms with Crippen molar-refractivity contribution in [1.29, 1.82) is 0 Å². The van der Waals surface area contributed by atoms with Crippen molar-refractivity contribution in [2.24, 2.45) is 0 Å². The molecule has 0 aliphatic heterocycles. The summed E-state index contributed by atoms with van der Waals surface area (Å²) in [6.07, 6.45) is -3.34. The molecule has 1 rings (SSSR count). The van der Waals surface area contributed by atoms with E-state index in [2.05, 4.69) is 10.6 Å². The third-order valence-corrected chi connectivity index (χ3v) is 5.02. The Kier molecular flexibility index (Phi) is 13.4. The fraction of sp³-hybridized carbons (Fsp3) is 0.467. The van der Waals surface area contributed by atoms with Crippen LogP contribution in [0.25, 0.3) is 0 Å². The first-order valence-corrected chi connectivity index (χ1v) is 10.4. The van der Waals surface area contributed by atoms with E-state index in [1.54, 1.807) is 12.1 Å². The number of furan rings is 1. The topological polar surface area (TPSA) is 146 Å². The minimum Gasteiger partial charge on any atom is -0.481 e. The van der Waals surface area contributed by atoms with Crippen molar-refractivity contribution in [2.45, 2.75) is 19.0 Å². The van der Waals surface area contributed by atoms with Crippen molar-refractivity contribution >= 4 is 45.3 Å². The van der Waals surface area contributed by atoms with Crippen molar-refractivity contribution in [3.05, 3.63) is 24.2 Å². The van der Waals surface area contributed by atoms with Gasteiger partial charge in [-0.3, -0.25) is 14.4 Å². The molecule has 0 unspecified atom stereocenters. The van der Waals surface area contributed by atoms with Crippen LogP contribution in [0.5, 0.6) is 0 Å². The Balaban J connectivity index is 0.000000956. The second-order valence-corrected chi connectivity index (χ2v) is 7.63. The number of nitrogens with one attached hydrogen (secondary N) is 2. The summed E-state index contributed by atoms with van der Waals surface area (Å²) in [5, 5.41) is 20.9. The molecule has 1 aromatic rings. The van der Waals surface area contributed by atoms with Gasteiger partial charge in [-0.2, -0.15) is 13.2 Å². The molecule has 9 nitrogen and oxygen atoms in total. The molecule has 0 aromatic carbocycles. The second-order valence-electron chi connectivity index (χ2n) is 4.92. The summed E-state index contributed by atoms with van der Waals surface area (Å²) in [7, 11) is 2.99. The number of carboxylic acid groups (broad SMARTS) is 2. The molecule has 1 aromatic heterocycles. The number of halogens is 3. The number of carboxylic acids is 2. The summed E-state index contributed by atoms with van der Waals surface area (Å²) in [4.78, 5) is 42.2. The average molecular weight is 460 g/mol. The molecule has 0 aliphatic rings. The number of amides is 2. The number of carbonyl (C=O) groups is 4. The molecule has 0 spiro atoms. The van der Waals surface area contributed by atoms with Gasteiger partial charge >= 0.3 is 18.1 Å². The highest BCUT2D eigenvalue weighted by atomic mass is 33.1. The standard InChI is InChI=1S/C13H18N2O5S2.C2HF3O2/c16-11(14-6-9-22-21-8-4-12(17)18)3-5-15-13(19)10-2-1-7-20-10;3-2(4,5)1(6)7/h1-2,7H,3-6,8-9H2,(H,14,16)(H,15,19)(H,17,18);(H,6,7). The monoisotopic (exact) mass is 460 g/mol. The lowest BCUT2D eigenvalue weighted by Gasteiger charge is -2.05. The number of hydrogen-bond acceptors (Lipinski definition) is 7. The van der Waals surface area contributed by atoms with Crippen LogP contribution in [-0.4, -0.2) is 64.7 Å². The molecule has 164 valence electrons. The van der Waals surface area contributed by atoms with Crippen LogP contribution in [0.3, 0.4) is 0 Å². The highest BCUT2D eigenvalue weighted by molar-refractivity contribution is 8.76. The van der Waals surface area contributed by atoms with Gasteiger partial charge in [0.25, 0.3) is 5.91 Å². The number of rotatable bonds is 11. The Hall–Kier alpha value is -2.35. The Bertz CT molecular complexity index is 655. The smallest absolute Gasteiger partial charge is 0.481 e. The number of aliphatic carboxylic acids is 2. The van der Waals surface area contributed by atoms with Gasteiger partial charge in [-0.15, -0.1) is 0 Å². The quantitative estimate of drug-likeness (QED) is 0.288. The predicted molar refractivity (Wildman–Crippen MR) is 99.5 cm³/mol. The molecule has 0 radical (unpaired) electrons. The van der Waals surface area contributed by atoms with Crippen LogP contribution >= 0.6 is 21.6 Å². The van der Waals surface area contributed by atoms with Crippen LogP contribution in [0.4, 0.5) is 13.2 Å². The zero-order valence-electron chi connectivity index (χ0n) is 14.9. The van der Waals surface area contributed by atoms with Gasteiger partial charge in [0.15, 0.2) is 5.76 Å². The average Bonchev–Trinajstić information content (AvgIpc) is 3.15. The fourth-order valence-corrected chi connectivity index (χ4v) is 3.24. The molecule has 0 saturated carbocycles. The fourth-order valence-electron chi connectivity index (χ4n) is 1.35. The van der Waals surface area contributed by atoms with Gasteiger partial charge in [-0.1, -0.05) is 21.6 Å². The van der Waals surface area contributed by atoms with Crippen LogP contribution in [0.15, 0.2) is 22.8 Å². The first-order valence-electron chi connectivity index (χ1n) is 7.88. The van der Waals surface area contributed by atoms with E-state index in [0.717, 1.165) is 0 Å². The van der Waals surface area contributed by atoms with Crippen LogP contribution in [0.1, 0.15) is 23.4 Å². The minimum absolute atomic E-state index is 0.138. The Morgan fingerprint density at radius 2 is 1.62 bits per heavy atom. The van der Waals surface area contributed by atoms with Crippen molar-refractivity contribution < 1.29 is 47.0 Å². The first-order chi connectivity index (χ1) is 13.5. The van der Waals surface area contributed by atoms with Crippen molar-refractivity contribution in [1.82, 2.24) is 10.6 Å². The van der Waals surface area contributed by atoms with Gasteiger partial charge in [0, 0.05) is 31.0 Å². The molecule has 1 heterocycles. The summed E-state index contributed by atoms with van der Waals surface area (Å²) >= 11 is 0. The van der Waals surface area contributed by atoms with Crippen LogP contribution in [-0.2, 0) is 14.4 Å². The lowest BCUT2D eigenvalue weighted by atomic mass is 10.3. The van der Waals surface area contributed by atoms with E-state index in [-0.39, 0.29) is 37.0 Å². The zero-order chi connectivity index (χ0) is 22.3. The highest BCUT2D eigenvalue weighted by Gasteiger charge is 2.38. The largest absolute Gasteiger partial charge is 0.490 e. The third-order valence-electron chi connectivity index (χ3n) is 2.62. The normalized spacial score (nSPS) is 10.4. The molecule has 14 heteroatoms. The molecule has 0 atom stereocenters. The van der Waals surface area contributed by atoms with Crippen LogP contribution in [0.2, 0.25) is 0 Å². The maximum absolute atomic E-state index is 11.5. The molecule has 0 aliphatic carbocycles. The van der Waals surface area contributed by atoms with E-state index < -0.39 is 18.1 Å². The summed E-state index contributed by atoms with van der Waals surface area (Å²) in [6.45, 7) is 0.752. The van der Waals surface area contributed by atoms with Gasteiger partial charge in [0.1, 0.15) is 0 Å². The number of alkyl halides is 3. The van der Waals surface area contributed by atoms with Crippen molar-refractivity contribution in [3.8, 4) is 0 Å². The first kappa shape index (κ1) is 26.6. The van der Waals surface area contributed by atoms with E-state index >= 15 is 0 Å². The van der Waals surface area contributed by atoms with Gasteiger partial charge in [-0.25, -0.2) is 4.79 Å². The summed E-state index contributed by atoms with van der Waals surface area (Å²) in [5.41, 5.74) is 0. The van der Waals surface area contributed by atoms with E-state index in [1.165, 1.54) is 27.9 Å². The zero-order valence-corrected chi connectivity index (χ0v) is 16.5. The third kappa shape index (κ3) is 15.3. The SMILES string of the molecule is O=C(O)C(F)(F)F.O=C(O)CCSSCCNC(=O)CCNC(=O)c1ccco1. The van der Waals surface area contributed by atoms with E-state index in [0.29, 0.717) is 18.1 Å². The highest BCUT2D eigenvalue weighted by Crippen LogP contribution is 2.20. The minimum atomic E-state index is -5.08. The lowest BCUT2D eigenvalue weighted by molar-refractivity contribution is -0.192. The maximum Gasteiger partial charge on any atom is 0.490 e. The maximum atomic E-state index is 11.5. The van der Waals surface area contributed by atoms with Crippen LogP contribution in [0, 0.1) is 0 Å². The second kappa shape index (κ2) is 14.6. The van der Waals surface area contributed by atoms with Crippen molar-refractivity contribution in [2.75, 3.05) is 24.6 Å². The van der Waals surface area contributed by atoms with E-state index in [9.17, 15) is 27.6 Å². The van der Waals surface area contributed by atoms with Gasteiger partial charge in [-0.05, 0) is 12.1 Å². The van der Waals surface area contributed by atoms with E-state index in [1.807, 2.05) is 0 Å². The number of carbonyl (C=O) groups excluding carboxylic acids is 2. The molecule has 0 bridgehead atoms.